The zero-order valence-corrected chi connectivity index (χ0v) is 17.7. The monoisotopic (exact) mass is 430 g/mol. The molecular weight excluding hydrogens is 408 g/mol. The lowest BCUT2D eigenvalue weighted by Crippen LogP contribution is -2.41. The highest BCUT2D eigenvalue weighted by molar-refractivity contribution is 6.11. The second kappa shape index (κ2) is 8.01. The highest BCUT2D eigenvalue weighted by atomic mass is 16.6. The zero-order valence-electron chi connectivity index (χ0n) is 17.7. The van der Waals surface area contributed by atoms with Gasteiger partial charge in [-0.05, 0) is 37.1 Å². The Bertz CT molecular complexity index is 1250. The number of nitrogens with zero attached hydrogens (tertiary/aromatic N) is 2. The predicted octanol–water partition coefficient (Wildman–Crippen LogP) is 4.22. The third-order valence-corrected chi connectivity index (χ3v) is 5.88. The fourth-order valence-electron chi connectivity index (χ4n) is 4.22. The number of hydrogen-bond donors (Lipinski definition) is 1. The van der Waals surface area contributed by atoms with Crippen molar-refractivity contribution in [1.29, 1.82) is 0 Å². The number of carbonyl (C=O) groups excluding carboxylic acids is 2. The maximum atomic E-state index is 13.4. The zero-order chi connectivity index (χ0) is 23.0. The van der Waals surface area contributed by atoms with E-state index < -0.39 is 28.6 Å². The summed E-state index contributed by atoms with van der Waals surface area (Å²) in [6.07, 6.45) is -0.586. The summed E-state index contributed by atoms with van der Waals surface area (Å²) in [6.45, 7) is 4.18. The molecule has 1 heterocycles. The van der Waals surface area contributed by atoms with Crippen LogP contribution in [0.4, 0.5) is 11.4 Å². The van der Waals surface area contributed by atoms with Crippen molar-refractivity contribution in [3.05, 3.63) is 105 Å². The molecule has 0 spiro atoms. The quantitative estimate of drug-likeness (QED) is 0.358. The molecule has 3 aromatic carbocycles. The van der Waals surface area contributed by atoms with Crippen LogP contribution in [0.15, 0.2) is 66.7 Å². The lowest BCUT2D eigenvalue weighted by atomic mass is 9.88. The molecule has 7 nitrogen and oxygen atoms in total. The second-order valence-corrected chi connectivity index (χ2v) is 8.07. The van der Waals surface area contributed by atoms with Gasteiger partial charge in [0.15, 0.2) is 11.4 Å². The van der Waals surface area contributed by atoms with Gasteiger partial charge in [0, 0.05) is 11.6 Å². The highest BCUT2D eigenvalue weighted by Gasteiger charge is 2.51. The topological polar surface area (TPSA) is 101 Å². The first-order valence-electron chi connectivity index (χ1n) is 10.2. The number of rotatable bonds is 6. The number of aryl methyl sites for hydroxylation is 2. The number of nitro benzene ring substituents is 1. The average Bonchev–Trinajstić information content (AvgIpc) is 2.97. The van der Waals surface area contributed by atoms with Gasteiger partial charge in [-0.25, -0.2) is 0 Å². The van der Waals surface area contributed by atoms with Crippen molar-refractivity contribution in [2.45, 2.75) is 32.4 Å². The van der Waals surface area contributed by atoms with Crippen molar-refractivity contribution in [3.63, 3.8) is 0 Å². The van der Waals surface area contributed by atoms with Crippen LogP contribution in [0.3, 0.4) is 0 Å². The lowest BCUT2D eigenvalue weighted by Gasteiger charge is -2.23. The molecular formula is C25H22N2O5. The van der Waals surface area contributed by atoms with Gasteiger partial charge in [0.1, 0.15) is 0 Å². The summed E-state index contributed by atoms with van der Waals surface area (Å²) in [7, 11) is 0. The van der Waals surface area contributed by atoms with E-state index in [1.807, 2.05) is 32.0 Å². The van der Waals surface area contributed by atoms with Gasteiger partial charge in [-0.3, -0.25) is 19.7 Å². The van der Waals surface area contributed by atoms with Gasteiger partial charge >= 0.3 is 0 Å². The van der Waals surface area contributed by atoms with E-state index in [1.165, 1.54) is 29.2 Å². The van der Waals surface area contributed by atoms with E-state index in [9.17, 15) is 24.8 Å². The number of para-hydroxylation sites is 2. The molecule has 1 amide bonds. The molecule has 0 saturated heterocycles. The van der Waals surface area contributed by atoms with E-state index in [0.29, 0.717) is 11.3 Å². The number of nitro groups is 1. The number of fused-ring (bicyclic) bond motifs is 1. The normalized spacial score (nSPS) is 17.3. The fourth-order valence-corrected chi connectivity index (χ4v) is 4.22. The molecule has 0 aromatic heterocycles. The number of aliphatic hydroxyl groups is 1. The Morgan fingerprint density at radius 2 is 1.75 bits per heavy atom. The van der Waals surface area contributed by atoms with Crippen molar-refractivity contribution in [3.8, 4) is 0 Å². The number of carbonyl (C=O) groups is 2. The molecule has 1 aliphatic rings. The first-order chi connectivity index (χ1) is 15.2. The van der Waals surface area contributed by atoms with Crippen LogP contribution in [-0.2, 0) is 16.9 Å². The Morgan fingerprint density at radius 3 is 2.47 bits per heavy atom. The summed E-state index contributed by atoms with van der Waals surface area (Å²) >= 11 is 0. The molecule has 0 bridgehead atoms. The van der Waals surface area contributed by atoms with Gasteiger partial charge in [-0.2, -0.15) is 0 Å². The van der Waals surface area contributed by atoms with Crippen LogP contribution in [0.2, 0.25) is 0 Å². The van der Waals surface area contributed by atoms with E-state index in [4.69, 9.17) is 0 Å². The minimum atomic E-state index is -2.10. The molecule has 0 saturated carbocycles. The maximum Gasteiger partial charge on any atom is 0.280 e. The maximum absolute atomic E-state index is 13.4. The summed E-state index contributed by atoms with van der Waals surface area (Å²) in [4.78, 5) is 38.6. The van der Waals surface area contributed by atoms with Gasteiger partial charge < -0.3 is 10.0 Å². The number of Topliss-reactive ketones (excluding diaryl/α,β-unsaturated/α-hetero) is 1. The number of benzene rings is 3. The summed E-state index contributed by atoms with van der Waals surface area (Å²) in [5, 5.41) is 22.8. The minimum Gasteiger partial charge on any atom is -0.375 e. The highest BCUT2D eigenvalue weighted by Crippen LogP contribution is 2.44. The summed E-state index contributed by atoms with van der Waals surface area (Å²) in [5.41, 5.74) is 1.30. The number of hydrogen-bond acceptors (Lipinski definition) is 5. The molecule has 162 valence electrons. The van der Waals surface area contributed by atoms with Crippen LogP contribution < -0.4 is 4.90 Å². The Kier molecular flexibility index (Phi) is 5.36. The standard InChI is InChI=1S/C25H22N2O5/c1-16-11-12-18(17(2)13-16)15-26-22-10-6-4-8-20(22)25(30,24(26)29)14-23(28)19-7-3-5-9-21(19)27(31)32/h3-13,30H,14-15H2,1-2H3/t25-/m1/s1. The van der Waals surface area contributed by atoms with Crippen molar-refractivity contribution in [2.24, 2.45) is 0 Å². The van der Waals surface area contributed by atoms with Gasteiger partial charge in [0.2, 0.25) is 0 Å². The molecule has 7 heteroatoms. The number of anilines is 1. The molecule has 0 fully saturated rings. The fraction of sp³-hybridized carbons (Fsp3) is 0.200. The molecule has 3 aromatic rings. The largest absolute Gasteiger partial charge is 0.375 e. The summed E-state index contributed by atoms with van der Waals surface area (Å²) in [6, 6.07) is 18.3. The SMILES string of the molecule is Cc1ccc(CN2C(=O)[C@@](O)(CC(=O)c3ccccc3[N+](=O)[O-])c3ccccc32)c(C)c1. The first-order valence-corrected chi connectivity index (χ1v) is 10.2. The molecule has 0 unspecified atom stereocenters. The van der Waals surface area contributed by atoms with Crippen molar-refractivity contribution >= 4 is 23.1 Å². The Morgan fingerprint density at radius 1 is 1.06 bits per heavy atom. The van der Waals surface area contributed by atoms with Gasteiger partial charge in [-0.15, -0.1) is 0 Å². The molecule has 1 atom stereocenters. The summed E-state index contributed by atoms with van der Waals surface area (Å²) < 4.78 is 0. The molecule has 32 heavy (non-hydrogen) atoms. The Labute approximate surface area is 185 Å². The average molecular weight is 430 g/mol. The van der Waals surface area contributed by atoms with Crippen molar-refractivity contribution in [2.75, 3.05) is 4.90 Å². The minimum absolute atomic E-state index is 0.135. The third kappa shape index (κ3) is 3.56. The molecule has 0 aliphatic carbocycles. The Balaban J connectivity index is 1.71. The van der Waals surface area contributed by atoms with E-state index in [-0.39, 0.29) is 17.8 Å². The molecule has 1 aliphatic heterocycles. The first kappa shape index (κ1) is 21.4. The van der Waals surface area contributed by atoms with E-state index in [1.54, 1.807) is 24.3 Å². The second-order valence-electron chi connectivity index (χ2n) is 8.07. The van der Waals surface area contributed by atoms with E-state index >= 15 is 0 Å². The van der Waals surface area contributed by atoms with E-state index in [2.05, 4.69) is 0 Å². The van der Waals surface area contributed by atoms with Crippen molar-refractivity contribution < 1.29 is 19.6 Å². The Hall–Kier alpha value is -3.84. The third-order valence-electron chi connectivity index (χ3n) is 5.88. The molecule has 4 rings (SSSR count). The van der Waals surface area contributed by atoms with Gasteiger partial charge in [-0.1, -0.05) is 54.1 Å². The van der Waals surface area contributed by atoms with Gasteiger partial charge in [0.25, 0.3) is 11.6 Å². The van der Waals surface area contributed by atoms with Crippen molar-refractivity contribution in [1.82, 2.24) is 0 Å². The molecule has 1 N–H and O–H groups in total. The molecule has 0 radical (unpaired) electrons. The van der Waals surface area contributed by atoms with Crippen LogP contribution in [0.25, 0.3) is 0 Å². The number of ketones is 1. The van der Waals surface area contributed by atoms with Gasteiger partial charge in [0.05, 0.1) is 29.1 Å². The van der Waals surface area contributed by atoms with Crippen LogP contribution in [0, 0.1) is 24.0 Å². The van der Waals surface area contributed by atoms with Crippen LogP contribution in [-0.4, -0.2) is 21.7 Å². The predicted molar refractivity (Wildman–Crippen MR) is 119 cm³/mol. The smallest absolute Gasteiger partial charge is 0.280 e. The van der Waals surface area contributed by atoms with Crippen LogP contribution in [0.5, 0.6) is 0 Å². The van der Waals surface area contributed by atoms with Crippen LogP contribution >= 0.6 is 0 Å². The number of amides is 1. The summed E-state index contributed by atoms with van der Waals surface area (Å²) in [5.74, 6) is -1.29. The van der Waals surface area contributed by atoms with Crippen LogP contribution in [0.1, 0.15) is 39.0 Å². The lowest BCUT2D eigenvalue weighted by molar-refractivity contribution is -0.385. The van der Waals surface area contributed by atoms with E-state index in [0.717, 1.165) is 16.7 Å².